The molecule has 0 aliphatic carbocycles. The molecular weight excluding hydrogens is 350 g/mol. The molecule has 0 spiro atoms. The van der Waals surface area contributed by atoms with E-state index >= 15 is 0 Å². The molecule has 0 bridgehead atoms. The molecule has 6 nitrogen and oxygen atoms in total. The molecule has 7 heteroatoms. The van der Waals surface area contributed by atoms with Gasteiger partial charge in [-0.25, -0.2) is 4.79 Å². The third-order valence-electron chi connectivity index (χ3n) is 3.21. The Morgan fingerprint density at radius 3 is 2.35 bits per heavy atom. The van der Waals surface area contributed by atoms with Crippen molar-refractivity contribution in [1.29, 1.82) is 0 Å². The number of benzene rings is 2. The van der Waals surface area contributed by atoms with Crippen molar-refractivity contribution < 1.29 is 14.3 Å². The number of hydrogen-bond acceptors (Lipinski definition) is 5. The lowest BCUT2D eigenvalue weighted by Gasteiger charge is -2.06. The van der Waals surface area contributed by atoms with E-state index in [9.17, 15) is 4.79 Å². The van der Waals surface area contributed by atoms with Crippen LogP contribution >= 0.6 is 12.2 Å². The summed E-state index contributed by atoms with van der Waals surface area (Å²) >= 11 is 5.00. The van der Waals surface area contributed by atoms with Crippen molar-refractivity contribution in [3.63, 3.8) is 0 Å². The number of carbonyl (C=O) groups excluding carboxylic acids is 1. The number of carbonyl (C=O) groups is 1. The number of ether oxygens (including phenoxy) is 2. The summed E-state index contributed by atoms with van der Waals surface area (Å²) in [5, 5.41) is 7.42. The summed E-state index contributed by atoms with van der Waals surface area (Å²) in [6.07, 6.45) is 1.63. The molecule has 136 valence electrons. The van der Waals surface area contributed by atoms with Crippen LogP contribution in [0.2, 0.25) is 0 Å². The van der Waals surface area contributed by atoms with Crippen molar-refractivity contribution in [3.8, 4) is 11.5 Å². The molecule has 0 aliphatic rings. The van der Waals surface area contributed by atoms with Crippen LogP contribution in [0.4, 0.5) is 0 Å². The van der Waals surface area contributed by atoms with E-state index in [0.717, 1.165) is 17.9 Å². The summed E-state index contributed by atoms with van der Waals surface area (Å²) in [7, 11) is 0. The van der Waals surface area contributed by atoms with Crippen LogP contribution < -0.4 is 20.2 Å². The van der Waals surface area contributed by atoms with Gasteiger partial charge in [-0.15, -0.1) is 0 Å². The molecular formula is C19H21N3O3S. The number of hydrazone groups is 1. The van der Waals surface area contributed by atoms with Crippen molar-refractivity contribution in [2.45, 2.75) is 13.8 Å². The molecule has 2 aromatic carbocycles. The third-order valence-corrected chi connectivity index (χ3v) is 3.44. The minimum atomic E-state index is -0.424. The molecule has 0 radical (unpaired) electrons. The zero-order chi connectivity index (χ0) is 18.8. The number of nitrogens with one attached hydrogen (secondary N) is 2. The van der Waals surface area contributed by atoms with Crippen LogP contribution in [0.5, 0.6) is 11.5 Å². The molecule has 0 saturated carbocycles. The zero-order valence-electron chi connectivity index (χ0n) is 14.7. The highest BCUT2D eigenvalue weighted by Crippen LogP contribution is 2.16. The Bertz CT molecular complexity index is 759. The Hall–Kier alpha value is -2.93. The predicted molar refractivity (Wildman–Crippen MR) is 106 cm³/mol. The van der Waals surface area contributed by atoms with Crippen LogP contribution in [0.1, 0.15) is 29.8 Å². The van der Waals surface area contributed by atoms with Crippen molar-refractivity contribution in [1.82, 2.24) is 10.7 Å². The van der Waals surface area contributed by atoms with E-state index in [1.807, 2.05) is 13.8 Å². The van der Waals surface area contributed by atoms with Gasteiger partial charge < -0.3 is 14.8 Å². The van der Waals surface area contributed by atoms with Crippen molar-refractivity contribution in [3.05, 3.63) is 59.7 Å². The summed E-state index contributed by atoms with van der Waals surface area (Å²) in [5.41, 5.74) is 4.01. The smallest absolute Gasteiger partial charge is 0.343 e. The summed E-state index contributed by atoms with van der Waals surface area (Å²) in [6, 6.07) is 13.8. The number of rotatable bonds is 7. The summed E-state index contributed by atoms with van der Waals surface area (Å²) in [5.74, 6) is 0.749. The van der Waals surface area contributed by atoms with Crippen LogP contribution in [-0.2, 0) is 0 Å². The second-order valence-corrected chi connectivity index (χ2v) is 5.55. The second kappa shape index (κ2) is 10.1. The van der Waals surface area contributed by atoms with Crippen LogP contribution in [0.3, 0.4) is 0 Å². The first kappa shape index (κ1) is 19.4. The van der Waals surface area contributed by atoms with E-state index in [0.29, 0.717) is 23.0 Å². The lowest BCUT2D eigenvalue weighted by molar-refractivity contribution is 0.0734. The fraction of sp³-hybridized carbons (Fsp3) is 0.211. The van der Waals surface area contributed by atoms with E-state index in [1.165, 1.54) is 0 Å². The summed E-state index contributed by atoms with van der Waals surface area (Å²) < 4.78 is 10.7. The molecule has 0 atom stereocenters. The SMILES string of the molecule is CCNC(=S)N/N=C/c1ccc(OC(=O)c2ccc(OCC)cc2)cc1. The highest BCUT2D eigenvalue weighted by molar-refractivity contribution is 7.80. The van der Waals surface area contributed by atoms with E-state index in [4.69, 9.17) is 21.7 Å². The number of nitrogens with zero attached hydrogens (tertiary/aromatic N) is 1. The van der Waals surface area contributed by atoms with Gasteiger partial charge in [0.15, 0.2) is 5.11 Å². The normalized spacial score (nSPS) is 10.4. The number of esters is 1. The van der Waals surface area contributed by atoms with Gasteiger partial charge in [0.1, 0.15) is 11.5 Å². The Balaban J connectivity index is 1.90. The third kappa shape index (κ3) is 6.18. The predicted octanol–water partition coefficient (Wildman–Crippen LogP) is 3.12. The molecule has 2 N–H and O–H groups in total. The molecule has 2 rings (SSSR count). The van der Waals surface area contributed by atoms with Gasteiger partial charge in [-0.2, -0.15) is 5.10 Å². The van der Waals surface area contributed by atoms with Crippen LogP contribution in [-0.4, -0.2) is 30.4 Å². The number of thiocarbonyl (C=S) groups is 1. The zero-order valence-corrected chi connectivity index (χ0v) is 15.5. The monoisotopic (exact) mass is 371 g/mol. The molecule has 0 amide bonds. The molecule has 0 heterocycles. The Morgan fingerprint density at radius 2 is 1.73 bits per heavy atom. The van der Waals surface area contributed by atoms with Gasteiger partial charge in [0.2, 0.25) is 0 Å². The van der Waals surface area contributed by atoms with Crippen LogP contribution in [0.25, 0.3) is 0 Å². The topological polar surface area (TPSA) is 72.0 Å². The lowest BCUT2D eigenvalue weighted by Crippen LogP contribution is -2.31. The average Bonchev–Trinajstić information content (AvgIpc) is 2.64. The first-order chi connectivity index (χ1) is 12.6. The highest BCUT2D eigenvalue weighted by Gasteiger charge is 2.08. The molecule has 0 unspecified atom stereocenters. The van der Waals surface area contributed by atoms with Crippen molar-refractivity contribution >= 4 is 29.5 Å². The van der Waals surface area contributed by atoms with E-state index in [2.05, 4.69) is 15.8 Å². The highest BCUT2D eigenvalue weighted by atomic mass is 32.1. The van der Waals surface area contributed by atoms with Gasteiger partial charge in [0, 0.05) is 6.54 Å². The lowest BCUT2D eigenvalue weighted by atomic mass is 10.2. The van der Waals surface area contributed by atoms with Crippen molar-refractivity contribution in [2.75, 3.05) is 13.2 Å². The van der Waals surface area contributed by atoms with Crippen LogP contribution in [0, 0.1) is 0 Å². The van der Waals surface area contributed by atoms with Gasteiger partial charge in [-0.05, 0) is 80.2 Å². The van der Waals surface area contributed by atoms with E-state index < -0.39 is 5.97 Å². The minimum absolute atomic E-state index is 0.424. The van der Waals surface area contributed by atoms with Crippen LogP contribution in [0.15, 0.2) is 53.6 Å². The first-order valence-electron chi connectivity index (χ1n) is 8.24. The van der Waals surface area contributed by atoms with E-state index in [-0.39, 0.29) is 0 Å². The van der Waals surface area contributed by atoms with Gasteiger partial charge in [-0.1, -0.05) is 0 Å². The quantitative estimate of drug-likeness (QED) is 0.256. The minimum Gasteiger partial charge on any atom is -0.494 e. The average molecular weight is 371 g/mol. The fourth-order valence-corrected chi connectivity index (χ4v) is 2.20. The molecule has 0 aliphatic heterocycles. The maximum atomic E-state index is 12.2. The maximum absolute atomic E-state index is 12.2. The van der Waals surface area contributed by atoms with Gasteiger partial charge in [-0.3, -0.25) is 5.43 Å². The fourth-order valence-electron chi connectivity index (χ4n) is 2.01. The van der Waals surface area contributed by atoms with E-state index in [1.54, 1.807) is 54.7 Å². The van der Waals surface area contributed by atoms with Crippen molar-refractivity contribution in [2.24, 2.45) is 5.10 Å². The Kier molecular flexibility index (Phi) is 7.57. The molecule has 2 aromatic rings. The Labute approximate surface area is 158 Å². The van der Waals surface area contributed by atoms with Gasteiger partial charge >= 0.3 is 5.97 Å². The molecule has 26 heavy (non-hydrogen) atoms. The molecule has 0 saturated heterocycles. The van der Waals surface area contributed by atoms with Gasteiger partial charge in [0.05, 0.1) is 18.4 Å². The second-order valence-electron chi connectivity index (χ2n) is 5.15. The molecule has 0 aromatic heterocycles. The van der Waals surface area contributed by atoms with Gasteiger partial charge in [0.25, 0.3) is 0 Å². The number of hydrogen-bond donors (Lipinski definition) is 2. The largest absolute Gasteiger partial charge is 0.494 e. The maximum Gasteiger partial charge on any atom is 0.343 e. The standard InChI is InChI=1S/C19H21N3O3S/c1-3-20-19(26)22-21-13-14-5-9-17(10-6-14)25-18(23)15-7-11-16(12-8-15)24-4-2/h5-13H,3-4H2,1-2H3,(H2,20,22,26)/b21-13+. The summed E-state index contributed by atoms with van der Waals surface area (Å²) in [4.78, 5) is 12.2. The molecule has 0 fully saturated rings. The first-order valence-corrected chi connectivity index (χ1v) is 8.65. The summed E-state index contributed by atoms with van der Waals surface area (Å²) in [6.45, 7) is 5.17. The Morgan fingerprint density at radius 1 is 1.08 bits per heavy atom.